The van der Waals surface area contributed by atoms with Gasteiger partial charge in [-0.25, -0.2) is 0 Å². The molecular weight excluding hydrogens is 340 g/mol. The molecule has 0 aliphatic carbocycles. The normalized spacial score (nSPS) is 10.9. The minimum absolute atomic E-state index is 0.360. The molecule has 0 fully saturated rings. The van der Waals surface area contributed by atoms with Crippen molar-refractivity contribution < 1.29 is 4.39 Å². The third-order valence-corrected chi connectivity index (χ3v) is 3.59. The van der Waals surface area contributed by atoms with E-state index in [1.807, 2.05) is 12.1 Å². The molecule has 3 N–H and O–H groups in total. The van der Waals surface area contributed by atoms with Crippen LogP contribution in [0.15, 0.2) is 30.3 Å². The summed E-state index contributed by atoms with van der Waals surface area (Å²) in [6.45, 7) is 1.44. The summed E-state index contributed by atoms with van der Waals surface area (Å²) in [7, 11) is 0. The van der Waals surface area contributed by atoms with Gasteiger partial charge in [-0.05, 0) is 36.8 Å². The predicted molar refractivity (Wildman–Crippen MR) is 91.9 cm³/mol. The van der Waals surface area contributed by atoms with Gasteiger partial charge in [-0.2, -0.15) is 14.4 Å². The predicted octanol–water partition coefficient (Wildman–Crippen LogP) is 4.32. The first-order chi connectivity index (χ1) is 11.1. The second-order valence-electron chi connectivity index (χ2n) is 4.96. The van der Waals surface area contributed by atoms with Gasteiger partial charge in [0.05, 0.1) is 5.52 Å². The Hall–Kier alpha value is -2.05. The highest BCUT2D eigenvalue weighted by Gasteiger charge is 2.04. The quantitative estimate of drug-likeness (QED) is 0.456. The Kier molecular flexibility index (Phi) is 4.83. The van der Waals surface area contributed by atoms with Gasteiger partial charge in [0.15, 0.2) is 5.65 Å². The maximum Gasteiger partial charge on any atom is 0.215 e. The van der Waals surface area contributed by atoms with Crippen LogP contribution in [0.25, 0.3) is 11.2 Å². The van der Waals surface area contributed by atoms with Crippen LogP contribution in [-0.4, -0.2) is 28.0 Å². The van der Waals surface area contributed by atoms with Crippen LogP contribution in [0.4, 0.5) is 16.0 Å². The summed E-state index contributed by atoms with van der Waals surface area (Å²) in [5.74, 6) is 0.0313. The van der Waals surface area contributed by atoms with Gasteiger partial charge in [-0.1, -0.05) is 23.2 Å². The number of anilines is 2. The summed E-state index contributed by atoms with van der Waals surface area (Å²) in [5.41, 5.74) is 1.94. The second kappa shape index (κ2) is 7.02. The molecule has 5 nitrogen and oxygen atoms in total. The molecule has 0 saturated heterocycles. The molecule has 0 radical (unpaired) electrons. The van der Waals surface area contributed by atoms with Crippen molar-refractivity contribution in [2.45, 2.75) is 6.42 Å². The summed E-state index contributed by atoms with van der Waals surface area (Å²) >= 11 is 11.9. The molecule has 0 aliphatic rings. The third-order valence-electron chi connectivity index (χ3n) is 3.15. The topological polar surface area (TPSA) is 65.6 Å². The number of nitrogens with zero attached hydrogens (tertiary/aromatic N) is 2. The van der Waals surface area contributed by atoms with Crippen LogP contribution in [0.1, 0.15) is 6.42 Å². The van der Waals surface area contributed by atoms with Crippen molar-refractivity contribution in [2.75, 3.05) is 23.7 Å². The lowest BCUT2D eigenvalue weighted by atomic mass is 10.3. The molecule has 3 aromatic rings. The van der Waals surface area contributed by atoms with Gasteiger partial charge in [0.25, 0.3) is 0 Å². The number of imidazole rings is 1. The average Bonchev–Trinajstić information content (AvgIpc) is 2.87. The Morgan fingerprint density at radius 1 is 1.00 bits per heavy atom. The van der Waals surface area contributed by atoms with E-state index in [1.54, 1.807) is 12.1 Å². The van der Waals surface area contributed by atoms with Crippen LogP contribution in [0.5, 0.6) is 0 Å². The largest absolute Gasteiger partial charge is 0.385 e. The number of aromatic nitrogens is 3. The molecular formula is C15H14Cl2FN5. The Morgan fingerprint density at radius 3 is 2.52 bits per heavy atom. The number of halogens is 3. The number of hydrogen-bond acceptors (Lipinski definition) is 4. The molecule has 0 atom stereocenters. The lowest BCUT2D eigenvalue weighted by Gasteiger charge is -2.07. The third kappa shape index (κ3) is 4.24. The summed E-state index contributed by atoms with van der Waals surface area (Å²) < 4.78 is 13.0. The minimum Gasteiger partial charge on any atom is -0.385 e. The van der Waals surface area contributed by atoms with Crippen LogP contribution >= 0.6 is 23.2 Å². The fourth-order valence-corrected chi connectivity index (χ4v) is 2.66. The van der Waals surface area contributed by atoms with Crippen LogP contribution in [0, 0.1) is 5.95 Å². The number of rotatable bonds is 6. The maximum absolute atomic E-state index is 13.0. The van der Waals surface area contributed by atoms with Gasteiger partial charge < -0.3 is 15.6 Å². The van der Waals surface area contributed by atoms with Gasteiger partial charge in [-0.15, -0.1) is 0 Å². The van der Waals surface area contributed by atoms with E-state index in [0.717, 1.165) is 18.7 Å². The van der Waals surface area contributed by atoms with Gasteiger partial charge in [0.2, 0.25) is 11.9 Å². The zero-order valence-corrected chi connectivity index (χ0v) is 13.5. The van der Waals surface area contributed by atoms with E-state index in [-0.39, 0.29) is 0 Å². The highest BCUT2D eigenvalue weighted by Crippen LogP contribution is 2.22. The molecule has 8 heteroatoms. The molecule has 0 amide bonds. The monoisotopic (exact) mass is 353 g/mol. The van der Waals surface area contributed by atoms with Crippen LogP contribution in [0.3, 0.4) is 0 Å². The molecule has 0 aliphatic heterocycles. The van der Waals surface area contributed by atoms with Gasteiger partial charge >= 0.3 is 0 Å². The molecule has 2 heterocycles. The molecule has 23 heavy (non-hydrogen) atoms. The number of fused-ring (bicyclic) bond motifs is 1. The molecule has 0 spiro atoms. The lowest BCUT2D eigenvalue weighted by molar-refractivity contribution is 0.588. The minimum atomic E-state index is -0.542. The molecule has 0 saturated carbocycles. The van der Waals surface area contributed by atoms with Crippen molar-refractivity contribution in [1.29, 1.82) is 0 Å². The standard InChI is InChI=1S/C15H14Cl2FN5/c16-9-6-10(17)8-11(7-9)19-4-1-5-20-15-21-12-2-3-13(18)22-14(12)23-15/h2-3,6-8,19H,1,4-5H2,(H2,20,21,22,23). The van der Waals surface area contributed by atoms with E-state index >= 15 is 0 Å². The van der Waals surface area contributed by atoms with Gasteiger partial charge in [-0.3, -0.25) is 0 Å². The van der Waals surface area contributed by atoms with Crippen molar-refractivity contribution in [3.8, 4) is 0 Å². The molecule has 2 aromatic heterocycles. The summed E-state index contributed by atoms with van der Waals surface area (Å²) in [6, 6.07) is 8.24. The van der Waals surface area contributed by atoms with Crippen molar-refractivity contribution in [1.82, 2.24) is 15.0 Å². The van der Waals surface area contributed by atoms with E-state index in [4.69, 9.17) is 23.2 Å². The van der Waals surface area contributed by atoms with E-state index in [1.165, 1.54) is 6.07 Å². The number of hydrogen-bond donors (Lipinski definition) is 3. The number of aromatic amines is 1. The van der Waals surface area contributed by atoms with Crippen LogP contribution in [-0.2, 0) is 0 Å². The van der Waals surface area contributed by atoms with Crippen molar-refractivity contribution in [3.63, 3.8) is 0 Å². The zero-order valence-electron chi connectivity index (χ0n) is 12.0. The van der Waals surface area contributed by atoms with Gasteiger partial charge in [0, 0.05) is 28.8 Å². The molecule has 1 aromatic carbocycles. The number of H-pyrrole nitrogens is 1. The zero-order chi connectivity index (χ0) is 16.2. The summed E-state index contributed by atoms with van der Waals surface area (Å²) in [4.78, 5) is 10.9. The number of nitrogens with one attached hydrogen (secondary N) is 3. The average molecular weight is 354 g/mol. The Balaban J connectivity index is 1.47. The fourth-order valence-electron chi connectivity index (χ4n) is 2.14. The Labute approximate surface area is 142 Å². The molecule has 3 rings (SSSR count). The first kappa shape index (κ1) is 15.8. The van der Waals surface area contributed by atoms with E-state index < -0.39 is 5.95 Å². The lowest BCUT2D eigenvalue weighted by Crippen LogP contribution is -2.09. The highest BCUT2D eigenvalue weighted by atomic mass is 35.5. The summed E-state index contributed by atoms with van der Waals surface area (Å²) in [6.07, 6.45) is 0.850. The highest BCUT2D eigenvalue weighted by molar-refractivity contribution is 6.35. The molecule has 0 bridgehead atoms. The van der Waals surface area contributed by atoms with E-state index in [2.05, 4.69) is 25.6 Å². The van der Waals surface area contributed by atoms with Crippen molar-refractivity contribution >= 4 is 46.0 Å². The number of pyridine rings is 1. The van der Waals surface area contributed by atoms with Crippen molar-refractivity contribution in [3.05, 3.63) is 46.3 Å². The molecule has 120 valence electrons. The van der Waals surface area contributed by atoms with Crippen LogP contribution < -0.4 is 10.6 Å². The smallest absolute Gasteiger partial charge is 0.215 e. The number of benzene rings is 1. The Morgan fingerprint density at radius 2 is 1.74 bits per heavy atom. The Bertz CT molecular complexity index is 800. The van der Waals surface area contributed by atoms with Crippen LogP contribution in [0.2, 0.25) is 10.0 Å². The first-order valence-corrected chi connectivity index (χ1v) is 7.82. The maximum atomic E-state index is 13.0. The van der Waals surface area contributed by atoms with Crippen molar-refractivity contribution in [2.24, 2.45) is 0 Å². The van der Waals surface area contributed by atoms with E-state index in [9.17, 15) is 4.39 Å². The SMILES string of the molecule is Fc1ccc2[nH]c(NCCCNc3cc(Cl)cc(Cl)c3)nc2n1. The van der Waals surface area contributed by atoms with Gasteiger partial charge in [0.1, 0.15) is 0 Å². The van der Waals surface area contributed by atoms with E-state index in [0.29, 0.717) is 33.7 Å². The first-order valence-electron chi connectivity index (χ1n) is 7.06. The summed E-state index contributed by atoms with van der Waals surface area (Å²) in [5, 5.41) is 7.58. The molecule has 0 unspecified atom stereocenters. The fraction of sp³-hybridized carbons (Fsp3) is 0.200. The second-order valence-corrected chi connectivity index (χ2v) is 5.83.